The first kappa shape index (κ1) is 22.3. The Bertz CT molecular complexity index is 791. The summed E-state index contributed by atoms with van der Waals surface area (Å²) in [5.41, 5.74) is 4.52. The number of hydrogen-bond acceptors (Lipinski definition) is 5. The smallest absolute Gasteiger partial charge is 0.191 e. The van der Waals surface area contributed by atoms with Crippen LogP contribution in [0.2, 0.25) is 0 Å². The minimum atomic E-state index is 0.307. The van der Waals surface area contributed by atoms with Gasteiger partial charge in [0.1, 0.15) is 5.76 Å². The van der Waals surface area contributed by atoms with Gasteiger partial charge >= 0.3 is 0 Å². The molecule has 1 aromatic carbocycles. The maximum absolute atomic E-state index is 6.04. The highest BCUT2D eigenvalue weighted by molar-refractivity contribution is 5.79. The van der Waals surface area contributed by atoms with E-state index < -0.39 is 0 Å². The molecule has 1 aliphatic rings. The second kappa shape index (κ2) is 11.7. The average Bonchev–Trinajstić information content (AvgIpc) is 3.21. The summed E-state index contributed by atoms with van der Waals surface area (Å²) < 4.78 is 16.9. The van der Waals surface area contributed by atoms with Crippen LogP contribution in [0.4, 0.5) is 0 Å². The van der Waals surface area contributed by atoms with E-state index in [0.29, 0.717) is 25.8 Å². The molecule has 0 atom stereocenters. The van der Waals surface area contributed by atoms with Gasteiger partial charge in [0, 0.05) is 45.3 Å². The van der Waals surface area contributed by atoms with Gasteiger partial charge in [-0.3, -0.25) is 4.99 Å². The topological polar surface area (TPSA) is 80.9 Å². The lowest BCUT2D eigenvalue weighted by molar-refractivity contribution is -0.0390. The molecule has 0 saturated carbocycles. The fraction of sp³-hybridized carbons (Fsp3) is 0.565. The van der Waals surface area contributed by atoms with Gasteiger partial charge in [-0.25, -0.2) is 0 Å². The van der Waals surface area contributed by atoms with E-state index in [-0.39, 0.29) is 0 Å². The summed E-state index contributed by atoms with van der Waals surface area (Å²) in [6.45, 7) is 7.74. The maximum Gasteiger partial charge on any atom is 0.191 e. The van der Waals surface area contributed by atoms with Crippen LogP contribution >= 0.6 is 0 Å². The molecule has 0 spiro atoms. The minimum Gasteiger partial charge on any atom is -0.381 e. The number of ether oxygens (including phenoxy) is 2. The summed E-state index contributed by atoms with van der Waals surface area (Å²) in [4.78, 5) is 4.34. The highest BCUT2D eigenvalue weighted by atomic mass is 16.5. The molecule has 1 saturated heterocycles. The number of hydrogen-bond donors (Lipinski definition) is 2. The molecule has 7 heteroatoms. The first-order valence-corrected chi connectivity index (χ1v) is 10.9. The Kier molecular flexibility index (Phi) is 8.71. The number of aromatic nitrogens is 1. The van der Waals surface area contributed by atoms with Crippen molar-refractivity contribution in [3.05, 3.63) is 52.4 Å². The lowest BCUT2D eigenvalue weighted by Gasteiger charge is -2.22. The van der Waals surface area contributed by atoms with Crippen LogP contribution in [-0.2, 0) is 42.0 Å². The Hall–Kier alpha value is -2.38. The van der Waals surface area contributed by atoms with E-state index in [1.807, 2.05) is 0 Å². The summed E-state index contributed by atoms with van der Waals surface area (Å²) in [6, 6.07) is 8.49. The highest BCUT2D eigenvalue weighted by Gasteiger charge is 2.15. The molecule has 2 aromatic rings. The SMILES string of the molecule is CCc1noc(CC)c1CNC(=NC)NCc1cccc(COC2CCOCC2)c1. The Balaban J connectivity index is 1.49. The number of nitrogens with one attached hydrogen (secondary N) is 2. The van der Waals surface area contributed by atoms with Gasteiger partial charge in [-0.05, 0) is 30.4 Å². The molecule has 164 valence electrons. The molecule has 2 heterocycles. The van der Waals surface area contributed by atoms with Gasteiger partial charge in [0.05, 0.1) is 18.4 Å². The van der Waals surface area contributed by atoms with Crippen LogP contribution in [0.1, 0.15) is 54.8 Å². The monoisotopic (exact) mass is 414 g/mol. The van der Waals surface area contributed by atoms with Crippen molar-refractivity contribution in [1.29, 1.82) is 0 Å². The summed E-state index contributed by atoms with van der Waals surface area (Å²) in [6.07, 6.45) is 3.96. The van der Waals surface area contributed by atoms with Gasteiger partial charge < -0.3 is 24.6 Å². The van der Waals surface area contributed by atoms with E-state index in [9.17, 15) is 0 Å². The van der Waals surface area contributed by atoms with Crippen LogP contribution in [0.25, 0.3) is 0 Å². The summed E-state index contributed by atoms with van der Waals surface area (Å²) in [5, 5.41) is 10.9. The van der Waals surface area contributed by atoms with Crippen LogP contribution in [0, 0.1) is 0 Å². The maximum atomic E-state index is 6.04. The Morgan fingerprint density at radius 2 is 1.90 bits per heavy atom. The van der Waals surface area contributed by atoms with E-state index in [2.05, 4.69) is 58.9 Å². The fourth-order valence-electron chi connectivity index (χ4n) is 3.60. The zero-order valence-corrected chi connectivity index (χ0v) is 18.4. The lowest BCUT2D eigenvalue weighted by atomic mass is 10.1. The first-order valence-electron chi connectivity index (χ1n) is 10.9. The van der Waals surface area contributed by atoms with Gasteiger partial charge in [0.15, 0.2) is 5.96 Å². The molecular weight excluding hydrogens is 380 g/mol. The predicted molar refractivity (Wildman–Crippen MR) is 117 cm³/mol. The largest absolute Gasteiger partial charge is 0.381 e. The fourth-order valence-corrected chi connectivity index (χ4v) is 3.60. The third kappa shape index (κ3) is 6.31. The molecule has 0 bridgehead atoms. The number of nitrogens with zero attached hydrogens (tertiary/aromatic N) is 2. The molecule has 30 heavy (non-hydrogen) atoms. The molecule has 3 rings (SSSR count). The number of guanidine groups is 1. The van der Waals surface area contributed by atoms with Crippen molar-refractivity contribution in [2.24, 2.45) is 4.99 Å². The van der Waals surface area contributed by atoms with Gasteiger partial charge in [0.2, 0.25) is 0 Å². The first-order chi connectivity index (χ1) is 14.7. The van der Waals surface area contributed by atoms with Crippen LogP contribution in [0.3, 0.4) is 0 Å². The van der Waals surface area contributed by atoms with E-state index >= 15 is 0 Å². The molecule has 1 aromatic heterocycles. The third-order valence-electron chi connectivity index (χ3n) is 5.37. The molecule has 0 unspecified atom stereocenters. The Morgan fingerprint density at radius 3 is 2.63 bits per heavy atom. The third-order valence-corrected chi connectivity index (χ3v) is 5.37. The second-order valence-electron chi connectivity index (χ2n) is 7.46. The normalized spacial score (nSPS) is 15.4. The molecule has 0 radical (unpaired) electrons. The van der Waals surface area contributed by atoms with Crippen molar-refractivity contribution >= 4 is 5.96 Å². The van der Waals surface area contributed by atoms with Crippen LogP contribution < -0.4 is 10.6 Å². The van der Waals surface area contributed by atoms with Crippen LogP contribution in [0.5, 0.6) is 0 Å². The summed E-state index contributed by atoms with van der Waals surface area (Å²) in [5.74, 6) is 1.69. The van der Waals surface area contributed by atoms with Crippen molar-refractivity contribution in [1.82, 2.24) is 15.8 Å². The van der Waals surface area contributed by atoms with Gasteiger partial charge in [-0.15, -0.1) is 0 Å². The quantitative estimate of drug-likeness (QED) is 0.484. The van der Waals surface area contributed by atoms with Gasteiger partial charge in [-0.1, -0.05) is 43.3 Å². The number of benzene rings is 1. The second-order valence-corrected chi connectivity index (χ2v) is 7.46. The molecule has 7 nitrogen and oxygen atoms in total. The number of rotatable bonds is 9. The van der Waals surface area contributed by atoms with Crippen molar-refractivity contribution in [2.75, 3.05) is 20.3 Å². The van der Waals surface area contributed by atoms with E-state index in [1.54, 1.807) is 7.05 Å². The molecule has 1 fully saturated rings. The molecule has 2 N–H and O–H groups in total. The van der Waals surface area contributed by atoms with E-state index in [1.165, 1.54) is 11.1 Å². The molecular formula is C23H34N4O3. The van der Waals surface area contributed by atoms with Gasteiger partial charge in [0.25, 0.3) is 0 Å². The Labute approximate surface area is 179 Å². The number of aliphatic imine (C=N–C) groups is 1. The standard InChI is InChI=1S/C23H34N4O3/c1-4-21-20(22(5-2)30-27-21)15-26-23(24-3)25-14-17-7-6-8-18(13-17)16-29-19-9-11-28-12-10-19/h6-8,13,19H,4-5,9-12,14-16H2,1-3H3,(H2,24,25,26). The highest BCUT2D eigenvalue weighted by Crippen LogP contribution is 2.16. The van der Waals surface area contributed by atoms with Crippen molar-refractivity contribution < 1.29 is 14.0 Å². The predicted octanol–water partition coefficient (Wildman–Crippen LogP) is 3.36. The zero-order valence-electron chi connectivity index (χ0n) is 18.4. The number of aryl methyl sites for hydroxylation is 2. The van der Waals surface area contributed by atoms with Crippen LogP contribution in [-0.4, -0.2) is 37.5 Å². The Morgan fingerprint density at radius 1 is 1.13 bits per heavy atom. The van der Waals surface area contributed by atoms with Gasteiger partial charge in [-0.2, -0.15) is 0 Å². The molecule has 0 aliphatic carbocycles. The summed E-state index contributed by atoms with van der Waals surface area (Å²) in [7, 11) is 1.78. The van der Waals surface area contributed by atoms with Crippen molar-refractivity contribution in [2.45, 2.75) is 65.3 Å². The average molecular weight is 415 g/mol. The molecule has 1 aliphatic heterocycles. The minimum absolute atomic E-state index is 0.307. The van der Waals surface area contributed by atoms with E-state index in [4.69, 9.17) is 14.0 Å². The zero-order chi connectivity index (χ0) is 21.2. The molecule has 0 amide bonds. The van der Waals surface area contributed by atoms with E-state index in [0.717, 1.165) is 61.9 Å². The van der Waals surface area contributed by atoms with Crippen molar-refractivity contribution in [3.63, 3.8) is 0 Å². The lowest BCUT2D eigenvalue weighted by Crippen LogP contribution is -2.36. The van der Waals surface area contributed by atoms with Crippen molar-refractivity contribution in [3.8, 4) is 0 Å². The van der Waals surface area contributed by atoms with Crippen LogP contribution in [0.15, 0.2) is 33.8 Å². The summed E-state index contributed by atoms with van der Waals surface area (Å²) >= 11 is 0.